The molecule has 1 heterocycles. The first-order valence-electron chi connectivity index (χ1n) is 5.26. The van der Waals surface area contributed by atoms with E-state index in [1.54, 1.807) is 0 Å². The van der Waals surface area contributed by atoms with E-state index in [2.05, 4.69) is 25.8 Å². The molecule has 0 saturated carbocycles. The van der Waals surface area contributed by atoms with Crippen LogP contribution in [-0.4, -0.2) is 28.6 Å². The molecular formula is C12H11BrN2O3. The van der Waals surface area contributed by atoms with Gasteiger partial charge in [-0.15, -0.1) is 0 Å². The molecule has 0 aliphatic rings. The number of carbonyl (C=O) groups excluding carboxylic acids is 2. The van der Waals surface area contributed by atoms with Crippen LogP contribution in [0.4, 0.5) is 0 Å². The molecule has 0 N–H and O–H groups in total. The number of esters is 1. The van der Waals surface area contributed by atoms with E-state index in [0.29, 0.717) is 5.69 Å². The van der Waals surface area contributed by atoms with Gasteiger partial charge in [0.1, 0.15) is 12.2 Å². The topological polar surface area (TPSA) is 61.2 Å². The molecule has 0 unspecified atom stereocenters. The van der Waals surface area contributed by atoms with Gasteiger partial charge in [0.05, 0.1) is 12.6 Å². The fourth-order valence-electron chi connectivity index (χ4n) is 1.72. The molecule has 94 valence electrons. The van der Waals surface area contributed by atoms with Gasteiger partial charge in [0.2, 0.25) is 0 Å². The Kier molecular flexibility index (Phi) is 3.47. The fourth-order valence-corrected chi connectivity index (χ4v) is 2.08. The van der Waals surface area contributed by atoms with Crippen LogP contribution in [0.3, 0.4) is 0 Å². The molecule has 1 aromatic heterocycles. The molecule has 0 spiro atoms. The summed E-state index contributed by atoms with van der Waals surface area (Å²) in [6, 6.07) is 5.45. The van der Waals surface area contributed by atoms with Gasteiger partial charge in [-0.1, -0.05) is 15.9 Å². The SMILES string of the molecule is COC(=O)Cn1nc(C(C)=O)c2cc(Br)ccc21. The van der Waals surface area contributed by atoms with Crippen LogP contribution in [-0.2, 0) is 16.1 Å². The molecule has 0 atom stereocenters. The van der Waals surface area contributed by atoms with Crippen LogP contribution >= 0.6 is 15.9 Å². The Balaban J connectivity index is 2.61. The Morgan fingerprint density at radius 2 is 2.17 bits per heavy atom. The van der Waals surface area contributed by atoms with Crippen LogP contribution in [0.15, 0.2) is 22.7 Å². The van der Waals surface area contributed by atoms with E-state index in [0.717, 1.165) is 15.4 Å². The van der Waals surface area contributed by atoms with E-state index in [-0.39, 0.29) is 12.3 Å². The molecule has 1 aromatic carbocycles. The molecule has 18 heavy (non-hydrogen) atoms. The third-order valence-corrected chi connectivity index (χ3v) is 3.05. The third-order valence-electron chi connectivity index (χ3n) is 2.55. The van der Waals surface area contributed by atoms with Crippen molar-refractivity contribution >= 4 is 38.6 Å². The molecule has 2 rings (SSSR count). The Morgan fingerprint density at radius 3 is 2.78 bits per heavy atom. The average Bonchev–Trinajstić information content (AvgIpc) is 2.67. The second-order valence-electron chi connectivity index (χ2n) is 3.80. The highest BCUT2D eigenvalue weighted by Crippen LogP contribution is 2.23. The smallest absolute Gasteiger partial charge is 0.327 e. The van der Waals surface area contributed by atoms with Crippen molar-refractivity contribution in [1.82, 2.24) is 9.78 Å². The minimum absolute atomic E-state index is 0.0120. The van der Waals surface area contributed by atoms with Gasteiger partial charge in [0.25, 0.3) is 0 Å². The summed E-state index contributed by atoms with van der Waals surface area (Å²) in [6.45, 7) is 1.44. The number of ketones is 1. The van der Waals surface area contributed by atoms with E-state index in [1.807, 2.05) is 18.2 Å². The van der Waals surface area contributed by atoms with Crippen LogP contribution in [0.2, 0.25) is 0 Å². The largest absolute Gasteiger partial charge is 0.468 e. The summed E-state index contributed by atoms with van der Waals surface area (Å²) in [4.78, 5) is 22.8. The predicted molar refractivity (Wildman–Crippen MR) is 69.5 cm³/mol. The Hall–Kier alpha value is -1.69. The number of rotatable bonds is 3. The monoisotopic (exact) mass is 310 g/mol. The van der Waals surface area contributed by atoms with Crippen LogP contribution < -0.4 is 0 Å². The van der Waals surface area contributed by atoms with E-state index in [1.165, 1.54) is 18.7 Å². The van der Waals surface area contributed by atoms with E-state index >= 15 is 0 Å². The van der Waals surface area contributed by atoms with Gasteiger partial charge in [-0.05, 0) is 18.2 Å². The molecule has 0 aliphatic carbocycles. The summed E-state index contributed by atoms with van der Waals surface area (Å²) >= 11 is 3.35. The standard InChI is InChI=1S/C12H11BrN2O3/c1-7(16)12-9-5-8(13)3-4-10(9)15(14-12)6-11(17)18-2/h3-5H,6H2,1-2H3. The molecule has 6 heteroatoms. The molecule has 5 nitrogen and oxygen atoms in total. The summed E-state index contributed by atoms with van der Waals surface area (Å²) in [5.41, 5.74) is 1.09. The number of fused-ring (bicyclic) bond motifs is 1. The van der Waals surface area contributed by atoms with Gasteiger partial charge in [-0.3, -0.25) is 14.3 Å². The molecular weight excluding hydrogens is 300 g/mol. The van der Waals surface area contributed by atoms with Crippen molar-refractivity contribution < 1.29 is 14.3 Å². The van der Waals surface area contributed by atoms with Crippen molar-refractivity contribution in [3.63, 3.8) is 0 Å². The number of aromatic nitrogens is 2. The maximum atomic E-state index is 11.5. The fraction of sp³-hybridized carbons (Fsp3) is 0.250. The van der Waals surface area contributed by atoms with Crippen molar-refractivity contribution in [2.45, 2.75) is 13.5 Å². The zero-order valence-corrected chi connectivity index (χ0v) is 11.5. The van der Waals surface area contributed by atoms with Gasteiger partial charge >= 0.3 is 5.97 Å². The zero-order chi connectivity index (χ0) is 13.3. The summed E-state index contributed by atoms with van der Waals surface area (Å²) in [5.74, 6) is -0.542. The number of methoxy groups -OCH3 is 1. The lowest BCUT2D eigenvalue weighted by Gasteiger charge is -2.01. The first-order valence-corrected chi connectivity index (χ1v) is 6.06. The summed E-state index contributed by atoms with van der Waals surface area (Å²) < 4.78 is 6.94. The van der Waals surface area contributed by atoms with Crippen molar-refractivity contribution in [1.29, 1.82) is 0 Å². The minimum atomic E-state index is -0.405. The zero-order valence-electron chi connectivity index (χ0n) is 9.94. The van der Waals surface area contributed by atoms with Gasteiger partial charge in [0.15, 0.2) is 5.78 Å². The van der Waals surface area contributed by atoms with Crippen molar-refractivity contribution in [2.24, 2.45) is 0 Å². The maximum absolute atomic E-state index is 11.5. The van der Waals surface area contributed by atoms with Crippen LogP contribution in [0.5, 0.6) is 0 Å². The summed E-state index contributed by atoms with van der Waals surface area (Å²) in [5, 5.41) is 4.89. The number of ether oxygens (including phenoxy) is 1. The molecule has 0 aliphatic heterocycles. The Bertz CT molecular complexity index is 634. The highest BCUT2D eigenvalue weighted by molar-refractivity contribution is 9.10. The van der Waals surface area contributed by atoms with E-state index < -0.39 is 5.97 Å². The van der Waals surface area contributed by atoms with Crippen LogP contribution in [0.25, 0.3) is 10.9 Å². The number of halogens is 1. The van der Waals surface area contributed by atoms with Crippen molar-refractivity contribution in [3.8, 4) is 0 Å². The number of carbonyl (C=O) groups is 2. The number of hydrogen-bond donors (Lipinski definition) is 0. The van der Waals surface area contributed by atoms with Crippen molar-refractivity contribution in [2.75, 3.05) is 7.11 Å². The highest BCUT2D eigenvalue weighted by Gasteiger charge is 2.16. The molecule has 0 amide bonds. The first-order chi connectivity index (χ1) is 8.52. The number of Topliss-reactive ketones (excluding diaryl/α,β-unsaturated/α-hetero) is 1. The lowest BCUT2D eigenvalue weighted by molar-refractivity contribution is -0.141. The molecule has 0 bridgehead atoms. The minimum Gasteiger partial charge on any atom is -0.468 e. The van der Waals surface area contributed by atoms with Crippen molar-refractivity contribution in [3.05, 3.63) is 28.4 Å². The van der Waals surface area contributed by atoms with Crippen LogP contribution in [0.1, 0.15) is 17.4 Å². The van der Waals surface area contributed by atoms with E-state index in [4.69, 9.17) is 0 Å². The molecule has 0 saturated heterocycles. The summed E-state index contributed by atoms with van der Waals surface area (Å²) in [6.07, 6.45) is 0. The number of nitrogens with zero attached hydrogens (tertiary/aromatic N) is 2. The molecule has 0 radical (unpaired) electrons. The molecule has 0 fully saturated rings. The average molecular weight is 311 g/mol. The van der Waals surface area contributed by atoms with Gasteiger partial charge in [0, 0.05) is 16.8 Å². The maximum Gasteiger partial charge on any atom is 0.327 e. The second kappa shape index (κ2) is 4.89. The first kappa shape index (κ1) is 12.8. The lowest BCUT2D eigenvalue weighted by Crippen LogP contribution is -2.13. The Morgan fingerprint density at radius 1 is 1.44 bits per heavy atom. The highest BCUT2D eigenvalue weighted by atomic mass is 79.9. The second-order valence-corrected chi connectivity index (χ2v) is 4.72. The van der Waals surface area contributed by atoms with Crippen LogP contribution in [0, 0.1) is 0 Å². The lowest BCUT2D eigenvalue weighted by atomic mass is 10.2. The van der Waals surface area contributed by atoms with Gasteiger partial charge in [-0.25, -0.2) is 0 Å². The Labute approximate surface area is 112 Å². The van der Waals surface area contributed by atoms with E-state index in [9.17, 15) is 9.59 Å². The normalized spacial score (nSPS) is 10.6. The number of hydrogen-bond acceptors (Lipinski definition) is 4. The quantitative estimate of drug-likeness (QED) is 0.644. The van der Waals surface area contributed by atoms with Gasteiger partial charge in [-0.2, -0.15) is 5.10 Å². The third kappa shape index (κ3) is 2.28. The summed E-state index contributed by atoms with van der Waals surface area (Å²) in [7, 11) is 1.32. The number of benzene rings is 1. The molecule has 2 aromatic rings. The predicted octanol–water partition coefficient (Wildman–Crippen LogP) is 2.17. The van der Waals surface area contributed by atoms with Gasteiger partial charge < -0.3 is 4.74 Å².